The zero-order valence-electron chi connectivity index (χ0n) is 12.6. The molecule has 9 heteroatoms. The van der Waals surface area contributed by atoms with E-state index in [-0.39, 0.29) is 11.7 Å². The van der Waals surface area contributed by atoms with Crippen LogP contribution in [-0.4, -0.2) is 33.1 Å². The van der Waals surface area contributed by atoms with Crippen molar-refractivity contribution in [2.24, 2.45) is 5.92 Å². The number of fused-ring (bicyclic) bond motifs is 1. The van der Waals surface area contributed by atoms with Crippen molar-refractivity contribution < 1.29 is 13.9 Å². The standard InChI is InChI=1S/C15H14ClN5O3/c16-9-4-5-11-10(6-9)12(23-7-8-2-1-3-8)13(24-11)14(22)17-15-18-20-21-19-15/h4-6,8H,1-3,7H2,(H2,17,18,19,20,21,22). The van der Waals surface area contributed by atoms with E-state index in [2.05, 4.69) is 25.9 Å². The third-order valence-corrected chi connectivity index (χ3v) is 4.30. The van der Waals surface area contributed by atoms with Gasteiger partial charge in [-0.3, -0.25) is 10.1 Å². The average molecular weight is 348 g/mol. The highest BCUT2D eigenvalue weighted by molar-refractivity contribution is 6.31. The van der Waals surface area contributed by atoms with E-state index in [9.17, 15) is 4.79 Å². The summed E-state index contributed by atoms with van der Waals surface area (Å²) in [6.07, 6.45) is 3.50. The molecule has 2 heterocycles. The maximum atomic E-state index is 12.5. The molecule has 1 saturated carbocycles. The van der Waals surface area contributed by atoms with Gasteiger partial charge in [0.1, 0.15) is 5.58 Å². The summed E-state index contributed by atoms with van der Waals surface area (Å²) < 4.78 is 11.6. The van der Waals surface area contributed by atoms with Crippen LogP contribution in [0.2, 0.25) is 5.02 Å². The number of carbonyl (C=O) groups is 1. The van der Waals surface area contributed by atoms with Gasteiger partial charge in [0, 0.05) is 5.02 Å². The molecule has 1 aliphatic carbocycles. The molecule has 8 nitrogen and oxygen atoms in total. The van der Waals surface area contributed by atoms with Gasteiger partial charge in [-0.25, -0.2) is 0 Å². The average Bonchev–Trinajstić information content (AvgIpc) is 3.13. The van der Waals surface area contributed by atoms with Crippen molar-refractivity contribution in [3.8, 4) is 5.75 Å². The van der Waals surface area contributed by atoms with E-state index in [4.69, 9.17) is 20.8 Å². The highest BCUT2D eigenvalue weighted by Gasteiger charge is 2.25. The number of H-pyrrole nitrogens is 1. The molecule has 4 rings (SSSR count). The van der Waals surface area contributed by atoms with Gasteiger partial charge in [-0.05, 0) is 42.2 Å². The number of nitrogens with one attached hydrogen (secondary N) is 2. The van der Waals surface area contributed by atoms with Gasteiger partial charge in [-0.2, -0.15) is 5.21 Å². The second-order valence-electron chi connectivity index (χ2n) is 5.70. The van der Waals surface area contributed by atoms with E-state index in [1.807, 2.05) is 0 Å². The molecule has 2 N–H and O–H groups in total. The number of amides is 1. The van der Waals surface area contributed by atoms with E-state index in [0.29, 0.717) is 34.3 Å². The van der Waals surface area contributed by atoms with Crippen molar-refractivity contribution in [2.45, 2.75) is 19.3 Å². The molecular weight excluding hydrogens is 334 g/mol. The zero-order valence-corrected chi connectivity index (χ0v) is 13.3. The monoisotopic (exact) mass is 347 g/mol. The van der Waals surface area contributed by atoms with Gasteiger partial charge in [0.15, 0.2) is 5.75 Å². The van der Waals surface area contributed by atoms with E-state index in [1.165, 1.54) is 6.42 Å². The molecule has 0 atom stereocenters. The summed E-state index contributed by atoms with van der Waals surface area (Å²) in [5, 5.41) is 16.8. The van der Waals surface area contributed by atoms with Crippen LogP contribution in [0.3, 0.4) is 0 Å². The summed E-state index contributed by atoms with van der Waals surface area (Å²) in [4.78, 5) is 12.5. The lowest BCUT2D eigenvalue weighted by Crippen LogP contribution is -2.20. The normalized spacial score (nSPS) is 14.5. The minimum absolute atomic E-state index is 0.0587. The van der Waals surface area contributed by atoms with Gasteiger partial charge in [-0.15, -0.1) is 5.10 Å². The number of nitrogens with zero attached hydrogens (tertiary/aromatic N) is 3. The molecule has 0 unspecified atom stereocenters. The Hall–Kier alpha value is -2.61. The Kier molecular flexibility index (Phi) is 3.81. The molecule has 2 aromatic heterocycles. The SMILES string of the molecule is O=C(Nc1nn[nH]n1)c1oc2ccc(Cl)cc2c1OCC1CCC1. The number of anilines is 1. The van der Waals surface area contributed by atoms with Crippen LogP contribution in [0.4, 0.5) is 5.95 Å². The molecule has 24 heavy (non-hydrogen) atoms. The Morgan fingerprint density at radius 1 is 1.46 bits per heavy atom. The Morgan fingerprint density at radius 2 is 2.33 bits per heavy atom. The molecule has 1 amide bonds. The van der Waals surface area contributed by atoms with Crippen LogP contribution in [0, 0.1) is 5.92 Å². The number of hydrogen-bond acceptors (Lipinski definition) is 6. The number of halogens is 1. The highest BCUT2D eigenvalue weighted by Crippen LogP contribution is 2.36. The number of carbonyl (C=O) groups excluding carboxylic acids is 1. The van der Waals surface area contributed by atoms with Crippen LogP contribution in [0.1, 0.15) is 29.8 Å². The lowest BCUT2D eigenvalue weighted by Gasteiger charge is -2.25. The minimum Gasteiger partial charge on any atom is -0.488 e. The third kappa shape index (κ3) is 2.80. The lowest BCUT2D eigenvalue weighted by atomic mass is 9.86. The number of benzene rings is 1. The summed E-state index contributed by atoms with van der Waals surface area (Å²) >= 11 is 6.07. The first-order chi connectivity index (χ1) is 11.7. The molecular formula is C15H14ClN5O3. The van der Waals surface area contributed by atoms with Crippen LogP contribution >= 0.6 is 11.6 Å². The predicted octanol–water partition coefficient (Wildman–Crippen LogP) is 3.03. The van der Waals surface area contributed by atoms with E-state index in [0.717, 1.165) is 12.8 Å². The number of aromatic amines is 1. The first-order valence-corrected chi connectivity index (χ1v) is 7.98. The molecule has 1 fully saturated rings. The van der Waals surface area contributed by atoms with Gasteiger partial charge in [0.2, 0.25) is 5.76 Å². The van der Waals surface area contributed by atoms with Gasteiger partial charge in [-0.1, -0.05) is 23.1 Å². The number of rotatable bonds is 5. The smallest absolute Gasteiger partial charge is 0.297 e. The van der Waals surface area contributed by atoms with Gasteiger partial charge < -0.3 is 9.15 Å². The minimum atomic E-state index is -0.507. The Bertz CT molecular complexity index is 873. The third-order valence-electron chi connectivity index (χ3n) is 4.07. The highest BCUT2D eigenvalue weighted by atomic mass is 35.5. The molecule has 0 spiro atoms. The number of tetrazole rings is 1. The molecule has 0 bridgehead atoms. The zero-order chi connectivity index (χ0) is 16.5. The summed E-state index contributed by atoms with van der Waals surface area (Å²) in [6, 6.07) is 5.13. The van der Waals surface area contributed by atoms with Crippen LogP contribution in [0.5, 0.6) is 5.75 Å². The van der Waals surface area contributed by atoms with Crippen LogP contribution in [0.25, 0.3) is 11.0 Å². The number of ether oxygens (including phenoxy) is 1. The molecule has 0 radical (unpaired) electrons. The maximum absolute atomic E-state index is 12.5. The van der Waals surface area contributed by atoms with Crippen molar-refractivity contribution in [1.82, 2.24) is 20.6 Å². The number of furan rings is 1. The summed E-state index contributed by atoms with van der Waals surface area (Å²) in [5.41, 5.74) is 0.529. The number of hydrogen-bond donors (Lipinski definition) is 2. The van der Waals surface area contributed by atoms with Crippen molar-refractivity contribution in [2.75, 3.05) is 11.9 Å². The molecule has 3 aromatic rings. The first-order valence-electron chi connectivity index (χ1n) is 7.60. The molecule has 1 aliphatic rings. The van der Waals surface area contributed by atoms with Gasteiger partial charge in [0.05, 0.1) is 12.0 Å². The topological polar surface area (TPSA) is 106 Å². The van der Waals surface area contributed by atoms with E-state index < -0.39 is 5.91 Å². The van der Waals surface area contributed by atoms with Crippen molar-refractivity contribution >= 4 is 34.4 Å². The van der Waals surface area contributed by atoms with Crippen LogP contribution in [0.15, 0.2) is 22.6 Å². The first kappa shape index (κ1) is 14.9. The fraction of sp³-hybridized carbons (Fsp3) is 0.333. The second kappa shape index (κ2) is 6.12. The second-order valence-corrected chi connectivity index (χ2v) is 6.13. The summed E-state index contributed by atoms with van der Waals surface area (Å²) in [7, 11) is 0. The molecule has 124 valence electrons. The largest absolute Gasteiger partial charge is 0.488 e. The van der Waals surface area contributed by atoms with Crippen LogP contribution in [-0.2, 0) is 0 Å². The molecule has 0 saturated heterocycles. The lowest BCUT2D eigenvalue weighted by molar-refractivity contribution is 0.0988. The fourth-order valence-corrected chi connectivity index (χ4v) is 2.75. The summed E-state index contributed by atoms with van der Waals surface area (Å²) in [5.74, 6) is 0.523. The van der Waals surface area contributed by atoms with Gasteiger partial charge >= 0.3 is 0 Å². The Labute approximate surface area is 141 Å². The fourth-order valence-electron chi connectivity index (χ4n) is 2.57. The summed E-state index contributed by atoms with van der Waals surface area (Å²) in [6.45, 7) is 0.545. The van der Waals surface area contributed by atoms with Crippen molar-refractivity contribution in [1.29, 1.82) is 0 Å². The Balaban J connectivity index is 1.67. The Morgan fingerprint density at radius 3 is 3.04 bits per heavy atom. The van der Waals surface area contributed by atoms with Gasteiger partial charge in [0.25, 0.3) is 11.9 Å². The van der Waals surface area contributed by atoms with E-state index >= 15 is 0 Å². The quantitative estimate of drug-likeness (QED) is 0.734. The van der Waals surface area contributed by atoms with Crippen molar-refractivity contribution in [3.63, 3.8) is 0 Å². The molecule has 0 aliphatic heterocycles. The number of aromatic nitrogens is 4. The van der Waals surface area contributed by atoms with E-state index in [1.54, 1.807) is 18.2 Å². The molecule has 1 aromatic carbocycles. The predicted molar refractivity (Wildman–Crippen MR) is 86.2 cm³/mol. The van der Waals surface area contributed by atoms with Crippen molar-refractivity contribution in [3.05, 3.63) is 29.0 Å². The maximum Gasteiger partial charge on any atom is 0.297 e. The van der Waals surface area contributed by atoms with Crippen LogP contribution < -0.4 is 10.1 Å².